The first kappa shape index (κ1) is 17.9. The number of ether oxygens (including phenoxy) is 2. The van der Waals surface area contributed by atoms with Crippen LogP contribution in [0.5, 0.6) is 11.5 Å². The number of rotatable bonds is 7. The van der Waals surface area contributed by atoms with Crippen LogP contribution in [0.3, 0.4) is 0 Å². The van der Waals surface area contributed by atoms with Gasteiger partial charge in [0.1, 0.15) is 6.61 Å². The highest BCUT2D eigenvalue weighted by Crippen LogP contribution is 2.28. The second-order valence-corrected chi connectivity index (χ2v) is 5.06. The van der Waals surface area contributed by atoms with Crippen molar-refractivity contribution >= 4 is 17.7 Å². The number of amides is 1. The van der Waals surface area contributed by atoms with Gasteiger partial charge in [-0.2, -0.15) is 0 Å². The van der Waals surface area contributed by atoms with Crippen LogP contribution in [0, 0.1) is 12.3 Å². The second kappa shape index (κ2) is 8.99. The summed E-state index contributed by atoms with van der Waals surface area (Å²) in [7, 11) is 1.56. The summed E-state index contributed by atoms with van der Waals surface area (Å²) in [4.78, 5) is 12.0. The van der Waals surface area contributed by atoms with Crippen molar-refractivity contribution in [2.75, 3.05) is 19.0 Å². The first-order valence-corrected chi connectivity index (χ1v) is 7.63. The molecule has 4 heteroatoms. The van der Waals surface area contributed by atoms with Crippen LogP contribution in [-0.4, -0.2) is 19.6 Å². The predicted molar refractivity (Wildman–Crippen MR) is 101 cm³/mol. The monoisotopic (exact) mass is 333 g/mol. The number of hydrogen-bond donors (Lipinski definition) is 1. The van der Waals surface area contributed by atoms with Crippen molar-refractivity contribution in [3.05, 3.63) is 72.3 Å². The topological polar surface area (TPSA) is 47.6 Å². The molecule has 0 spiro atoms. The van der Waals surface area contributed by atoms with E-state index in [0.29, 0.717) is 29.4 Å². The van der Waals surface area contributed by atoms with E-state index in [1.807, 2.05) is 6.07 Å². The van der Waals surface area contributed by atoms with E-state index in [1.54, 1.807) is 55.7 Å². The van der Waals surface area contributed by atoms with Crippen LogP contribution in [0.25, 0.3) is 6.08 Å². The quantitative estimate of drug-likeness (QED) is 0.475. The molecule has 1 N–H and O–H groups in total. The van der Waals surface area contributed by atoms with Gasteiger partial charge in [0.05, 0.1) is 7.11 Å². The predicted octanol–water partition coefficient (Wildman–Crippen LogP) is 3.89. The van der Waals surface area contributed by atoms with Crippen molar-refractivity contribution < 1.29 is 14.3 Å². The molecular formula is C21H19NO3. The van der Waals surface area contributed by atoms with E-state index in [0.717, 1.165) is 5.56 Å². The minimum absolute atomic E-state index is 0.250. The average Bonchev–Trinajstić information content (AvgIpc) is 2.65. The smallest absolute Gasteiger partial charge is 0.248 e. The van der Waals surface area contributed by atoms with Crippen LogP contribution >= 0.6 is 0 Å². The number of carbonyl (C=O) groups is 1. The third kappa shape index (κ3) is 5.29. The molecule has 0 bridgehead atoms. The molecule has 1 amide bonds. The van der Waals surface area contributed by atoms with Crippen molar-refractivity contribution in [2.45, 2.75) is 0 Å². The Morgan fingerprint density at radius 1 is 1.28 bits per heavy atom. The summed E-state index contributed by atoms with van der Waals surface area (Å²) < 4.78 is 10.8. The molecule has 0 fully saturated rings. The van der Waals surface area contributed by atoms with E-state index in [-0.39, 0.29) is 5.91 Å². The highest BCUT2D eigenvalue weighted by Gasteiger charge is 2.04. The van der Waals surface area contributed by atoms with Gasteiger partial charge in [0.25, 0.3) is 0 Å². The number of benzene rings is 2. The number of anilines is 1. The van der Waals surface area contributed by atoms with Gasteiger partial charge in [-0.1, -0.05) is 30.7 Å². The summed E-state index contributed by atoms with van der Waals surface area (Å²) >= 11 is 0. The Kier molecular flexibility index (Phi) is 6.44. The van der Waals surface area contributed by atoms with Gasteiger partial charge in [0, 0.05) is 17.3 Å². The minimum atomic E-state index is -0.250. The molecule has 0 atom stereocenters. The lowest BCUT2D eigenvalue weighted by atomic mass is 10.2. The lowest BCUT2D eigenvalue weighted by Gasteiger charge is -2.09. The van der Waals surface area contributed by atoms with Crippen LogP contribution in [0.1, 0.15) is 11.1 Å². The number of hydrogen-bond acceptors (Lipinski definition) is 3. The average molecular weight is 333 g/mol. The zero-order chi connectivity index (χ0) is 18.1. The van der Waals surface area contributed by atoms with Crippen molar-refractivity contribution in [2.24, 2.45) is 0 Å². The zero-order valence-electron chi connectivity index (χ0n) is 14.0. The Labute approximate surface area is 147 Å². The van der Waals surface area contributed by atoms with E-state index in [2.05, 4.69) is 17.8 Å². The van der Waals surface area contributed by atoms with Crippen molar-refractivity contribution in [3.8, 4) is 23.8 Å². The number of methoxy groups -OCH3 is 1. The molecule has 0 radical (unpaired) electrons. The maximum Gasteiger partial charge on any atom is 0.248 e. The van der Waals surface area contributed by atoms with Crippen LogP contribution in [0.15, 0.2) is 61.2 Å². The Bertz CT molecular complexity index is 831. The maximum atomic E-state index is 12.0. The molecular weight excluding hydrogens is 314 g/mol. The van der Waals surface area contributed by atoms with Crippen molar-refractivity contribution in [3.63, 3.8) is 0 Å². The third-order valence-electron chi connectivity index (χ3n) is 3.27. The fourth-order valence-electron chi connectivity index (χ4n) is 2.10. The van der Waals surface area contributed by atoms with Crippen molar-refractivity contribution in [1.82, 2.24) is 0 Å². The Morgan fingerprint density at radius 3 is 2.84 bits per heavy atom. The van der Waals surface area contributed by atoms with Gasteiger partial charge < -0.3 is 14.8 Å². The molecule has 0 saturated heterocycles. The van der Waals surface area contributed by atoms with E-state index >= 15 is 0 Å². The van der Waals surface area contributed by atoms with Crippen LogP contribution in [0.2, 0.25) is 0 Å². The van der Waals surface area contributed by atoms with Crippen LogP contribution < -0.4 is 14.8 Å². The molecule has 2 aromatic carbocycles. The first-order valence-electron chi connectivity index (χ1n) is 7.63. The Balaban J connectivity index is 2.06. The molecule has 0 aliphatic rings. The molecule has 4 nitrogen and oxygen atoms in total. The molecule has 2 rings (SSSR count). The molecule has 2 aromatic rings. The molecule has 25 heavy (non-hydrogen) atoms. The first-order chi connectivity index (χ1) is 12.2. The number of nitrogens with one attached hydrogen (secondary N) is 1. The van der Waals surface area contributed by atoms with Crippen LogP contribution in [0.4, 0.5) is 5.69 Å². The van der Waals surface area contributed by atoms with Gasteiger partial charge >= 0.3 is 0 Å². The summed E-state index contributed by atoms with van der Waals surface area (Å²) in [5, 5.41) is 2.77. The molecule has 126 valence electrons. The van der Waals surface area contributed by atoms with Gasteiger partial charge in [-0.25, -0.2) is 0 Å². The minimum Gasteiger partial charge on any atom is -0.493 e. The molecule has 0 heterocycles. The Hall–Kier alpha value is -3.45. The Morgan fingerprint density at radius 2 is 2.12 bits per heavy atom. The molecule has 0 unspecified atom stereocenters. The van der Waals surface area contributed by atoms with Crippen LogP contribution in [-0.2, 0) is 4.79 Å². The third-order valence-corrected chi connectivity index (χ3v) is 3.27. The normalized spacial score (nSPS) is 10.1. The van der Waals surface area contributed by atoms with Gasteiger partial charge in [0.2, 0.25) is 5.91 Å². The fraction of sp³-hybridized carbons (Fsp3) is 0.0952. The van der Waals surface area contributed by atoms with E-state index in [4.69, 9.17) is 15.9 Å². The van der Waals surface area contributed by atoms with E-state index in [1.165, 1.54) is 6.08 Å². The summed E-state index contributed by atoms with van der Waals surface area (Å²) in [6.07, 6.45) is 10.2. The van der Waals surface area contributed by atoms with Gasteiger partial charge in [-0.15, -0.1) is 6.42 Å². The van der Waals surface area contributed by atoms with E-state index < -0.39 is 0 Å². The summed E-state index contributed by atoms with van der Waals surface area (Å²) in [5.74, 6) is 3.49. The molecule has 0 aliphatic heterocycles. The largest absolute Gasteiger partial charge is 0.493 e. The highest BCUT2D eigenvalue weighted by atomic mass is 16.5. The summed E-state index contributed by atoms with van der Waals surface area (Å²) in [6.45, 7) is 4.00. The SMILES string of the molecule is C#Cc1cccc(NC(=O)/C=C/c2ccc(OCC=C)c(OC)c2)c1. The summed E-state index contributed by atoms with van der Waals surface area (Å²) in [5.41, 5.74) is 2.17. The lowest BCUT2D eigenvalue weighted by Crippen LogP contribution is -2.07. The standard InChI is InChI=1S/C21H19NO3/c1-4-13-25-19-11-9-17(15-20(19)24-3)10-12-21(23)22-18-8-6-7-16(5-2)14-18/h2,4,6-12,14-15H,1,13H2,3H3,(H,22,23)/b12-10+. The lowest BCUT2D eigenvalue weighted by molar-refractivity contribution is -0.111. The number of terminal acetylenes is 1. The van der Waals surface area contributed by atoms with E-state index in [9.17, 15) is 4.79 Å². The van der Waals surface area contributed by atoms with Gasteiger partial charge in [-0.3, -0.25) is 4.79 Å². The fourth-order valence-corrected chi connectivity index (χ4v) is 2.10. The van der Waals surface area contributed by atoms with Gasteiger partial charge in [-0.05, 0) is 42.0 Å². The zero-order valence-corrected chi connectivity index (χ0v) is 14.0. The number of carbonyl (C=O) groups excluding carboxylic acids is 1. The van der Waals surface area contributed by atoms with Gasteiger partial charge in [0.15, 0.2) is 11.5 Å². The second-order valence-electron chi connectivity index (χ2n) is 5.06. The maximum absolute atomic E-state index is 12.0. The molecule has 0 aliphatic carbocycles. The molecule has 0 aromatic heterocycles. The highest BCUT2D eigenvalue weighted by molar-refractivity contribution is 6.02. The summed E-state index contributed by atoms with van der Waals surface area (Å²) in [6, 6.07) is 12.5. The van der Waals surface area contributed by atoms with Crippen molar-refractivity contribution in [1.29, 1.82) is 0 Å². The molecule has 0 saturated carbocycles.